The maximum Gasteiger partial charge on any atom is 0.205 e. The summed E-state index contributed by atoms with van der Waals surface area (Å²) in [6, 6.07) is 0.310. The number of hydrogen-bond acceptors (Lipinski definition) is 7. The molecule has 0 radical (unpaired) electrons. The second-order valence-electron chi connectivity index (χ2n) is 4.17. The molecule has 108 valence electrons. The van der Waals surface area contributed by atoms with Crippen molar-refractivity contribution in [2.45, 2.75) is 26.3 Å². The van der Waals surface area contributed by atoms with Gasteiger partial charge in [0.2, 0.25) is 5.75 Å². The number of anilines is 2. The number of aromatic nitrogens is 2. The first-order chi connectivity index (χ1) is 9.19. The molecule has 0 spiro atoms. The van der Waals surface area contributed by atoms with Crippen LogP contribution in [0.3, 0.4) is 0 Å². The molecule has 1 atom stereocenters. The van der Waals surface area contributed by atoms with E-state index in [-0.39, 0.29) is 0 Å². The van der Waals surface area contributed by atoms with E-state index in [1.807, 2.05) is 0 Å². The summed E-state index contributed by atoms with van der Waals surface area (Å²) in [5, 5.41) is 0. The molecular weight excluding hydrogens is 246 g/mol. The minimum absolute atomic E-state index is 0.310. The molecule has 0 amide bonds. The third-order valence-electron chi connectivity index (χ3n) is 3.06. The quantitative estimate of drug-likeness (QED) is 0.538. The number of nitrogens with zero attached hydrogens (tertiary/aromatic N) is 3. The summed E-state index contributed by atoms with van der Waals surface area (Å²) >= 11 is 0. The summed E-state index contributed by atoms with van der Waals surface area (Å²) in [5.41, 5.74) is 2.52. The number of rotatable bonds is 8. The number of hydrogen-bond donors (Lipinski definition) is 2. The molecule has 7 heteroatoms. The maximum absolute atomic E-state index is 5.44. The van der Waals surface area contributed by atoms with E-state index in [1.54, 1.807) is 14.2 Å². The molecule has 0 aromatic carbocycles. The highest BCUT2D eigenvalue weighted by Gasteiger charge is 2.21. The van der Waals surface area contributed by atoms with Crippen molar-refractivity contribution in [3.05, 3.63) is 6.33 Å². The molecule has 0 aliphatic carbocycles. The Labute approximate surface area is 114 Å². The Hall–Kier alpha value is -1.60. The smallest absolute Gasteiger partial charge is 0.205 e. The minimum Gasteiger partial charge on any atom is -0.490 e. The summed E-state index contributed by atoms with van der Waals surface area (Å²) < 4.78 is 10.5. The van der Waals surface area contributed by atoms with Gasteiger partial charge in [-0.25, -0.2) is 15.8 Å². The Morgan fingerprint density at radius 1 is 1.42 bits per heavy atom. The van der Waals surface area contributed by atoms with Gasteiger partial charge in [-0.3, -0.25) is 0 Å². The molecule has 3 N–H and O–H groups in total. The Balaban J connectivity index is 3.13. The van der Waals surface area contributed by atoms with Crippen molar-refractivity contribution in [1.29, 1.82) is 0 Å². The van der Waals surface area contributed by atoms with E-state index >= 15 is 0 Å². The minimum atomic E-state index is 0.310. The first kappa shape index (κ1) is 15.5. The van der Waals surface area contributed by atoms with E-state index in [0.717, 1.165) is 18.8 Å². The SMILES string of the molecule is CCC(C)N(CCOC)c1ncnc(NN)c1OC. The van der Waals surface area contributed by atoms with Crippen LogP contribution in [0.5, 0.6) is 5.75 Å². The van der Waals surface area contributed by atoms with Crippen molar-refractivity contribution >= 4 is 11.6 Å². The van der Waals surface area contributed by atoms with Crippen molar-refractivity contribution in [3.63, 3.8) is 0 Å². The number of methoxy groups -OCH3 is 2. The summed E-state index contributed by atoms with van der Waals surface area (Å²) in [5.74, 6) is 7.17. The molecule has 0 aliphatic heterocycles. The molecule has 7 nitrogen and oxygen atoms in total. The topological polar surface area (TPSA) is 85.5 Å². The zero-order valence-corrected chi connectivity index (χ0v) is 12.0. The van der Waals surface area contributed by atoms with Crippen molar-refractivity contribution in [3.8, 4) is 5.75 Å². The highest BCUT2D eigenvalue weighted by Crippen LogP contribution is 2.32. The molecule has 0 aliphatic rings. The van der Waals surface area contributed by atoms with Crippen LogP contribution < -0.4 is 20.9 Å². The fourth-order valence-corrected chi connectivity index (χ4v) is 1.80. The number of ether oxygens (including phenoxy) is 2. The molecule has 1 heterocycles. The van der Waals surface area contributed by atoms with E-state index < -0.39 is 0 Å². The van der Waals surface area contributed by atoms with E-state index in [2.05, 4.69) is 34.1 Å². The molecule has 19 heavy (non-hydrogen) atoms. The fourth-order valence-electron chi connectivity index (χ4n) is 1.80. The highest BCUT2D eigenvalue weighted by molar-refractivity contribution is 5.64. The molecule has 1 unspecified atom stereocenters. The summed E-state index contributed by atoms with van der Waals surface area (Å²) in [6.45, 7) is 5.60. The van der Waals surface area contributed by atoms with Crippen LogP contribution in [0.25, 0.3) is 0 Å². The van der Waals surface area contributed by atoms with Crippen LogP contribution in [0.2, 0.25) is 0 Å². The second-order valence-corrected chi connectivity index (χ2v) is 4.17. The number of nitrogen functional groups attached to an aromatic ring is 1. The van der Waals surface area contributed by atoms with E-state index in [4.69, 9.17) is 15.3 Å². The highest BCUT2D eigenvalue weighted by atomic mass is 16.5. The molecule has 1 rings (SSSR count). The summed E-state index contributed by atoms with van der Waals surface area (Å²) in [6.07, 6.45) is 2.46. The second kappa shape index (κ2) is 7.75. The molecule has 0 fully saturated rings. The van der Waals surface area contributed by atoms with E-state index in [0.29, 0.717) is 24.2 Å². The predicted octanol–water partition coefficient (Wildman–Crippen LogP) is 1.02. The van der Waals surface area contributed by atoms with Gasteiger partial charge < -0.3 is 19.8 Å². The number of hydrazine groups is 1. The average Bonchev–Trinajstić information content (AvgIpc) is 2.46. The zero-order valence-electron chi connectivity index (χ0n) is 12.0. The lowest BCUT2D eigenvalue weighted by Crippen LogP contribution is -2.36. The van der Waals surface area contributed by atoms with Crippen molar-refractivity contribution in [2.75, 3.05) is 37.7 Å². The number of nitrogens with one attached hydrogen (secondary N) is 1. The van der Waals surface area contributed by atoms with Crippen molar-refractivity contribution in [2.24, 2.45) is 5.84 Å². The zero-order chi connectivity index (χ0) is 14.3. The Kier molecular flexibility index (Phi) is 6.31. The largest absolute Gasteiger partial charge is 0.490 e. The maximum atomic E-state index is 5.44. The van der Waals surface area contributed by atoms with Gasteiger partial charge in [0, 0.05) is 19.7 Å². The Morgan fingerprint density at radius 2 is 2.16 bits per heavy atom. The van der Waals surface area contributed by atoms with Gasteiger partial charge in [-0.1, -0.05) is 6.92 Å². The van der Waals surface area contributed by atoms with Gasteiger partial charge in [0.05, 0.1) is 13.7 Å². The Bertz CT molecular complexity index is 388. The van der Waals surface area contributed by atoms with Crippen molar-refractivity contribution in [1.82, 2.24) is 9.97 Å². The van der Waals surface area contributed by atoms with Crippen LogP contribution in [0.1, 0.15) is 20.3 Å². The average molecular weight is 269 g/mol. The van der Waals surface area contributed by atoms with Gasteiger partial charge >= 0.3 is 0 Å². The lowest BCUT2D eigenvalue weighted by molar-refractivity contribution is 0.203. The van der Waals surface area contributed by atoms with Gasteiger partial charge in [-0.2, -0.15) is 0 Å². The fraction of sp³-hybridized carbons (Fsp3) is 0.667. The van der Waals surface area contributed by atoms with E-state index in [1.165, 1.54) is 6.33 Å². The van der Waals surface area contributed by atoms with Crippen LogP contribution in [0.4, 0.5) is 11.6 Å². The molecule has 1 aromatic rings. The molecule has 0 bridgehead atoms. The van der Waals surface area contributed by atoms with Gasteiger partial charge in [-0.15, -0.1) is 0 Å². The third-order valence-corrected chi connectivity index (χ3v) is 3.06. The molecular formula is C12H23N5O2. The van der Waals surface area contributed by atoms with Crippen molar-refractivity contribution < 1.29 is 9.47 Å². The molecule has 0 saturated carbocycles. The van der Waals surface area contributed by atoms with Gasteiger partial charge in [-0.05, 0) is 13.3 Å². The predicted molar refractivity (Wildman–Crippen MR) is 75.4 cm³/mol. The normalized spacial score (nSPS) is 12.1. The summed E-state index contributed by atoms with van der Waals surface area (Å²) in [4.78, 5) is 10.5. The first-order valence-corrected chi connectivity index (χ1v) is 6.30. The standard InChI is InChI=1S/C12H23N5O2/c1-5-9(2)17(6-7-18-3)12-10(19-4)11(16-13)14-8-15-12/h8-9H,5-7,13H2,1-4H3,(H,14,15,16). The van der Waals surface area contributed by atoms with E-state index in [9.17, 15) is 0 Å². The van der Waals surface area contributed by atoms with Crippen LogP contribution in [0, 0.1) is 0 Å². The first-order valence-electron chi connectivity index (χ1n) is 6.30. The molecule has 1 aromatic heterocycles. The monoisotopic (exact) mass is 269 g/mol. The van der Waals surface area contributed by atoms with Gasteiger partial charge in [0.15, 0.2) is 11.6 Å². The Morgan fingerprint density at radius 3 is 2.68 bits per heavy atom. The van der Waals surface area contributed by atoms with Crippen LogP contribution >= 0.6 is 0 Å². The van der Waals surface area contributed by atoms with Gasteiger partial charge in [0.25, 0.3) is 0 Å². The van der Waals surface area contributed by atoms with Crippen LogP contribution in [-0.4, -0.2) is 43.4 Å². The van der Waals surface area contributed by atoms with Gasteiger partial charge in [0.1, 0.15) is 6.33 Å². The van der Waals surface area contributed by atoms with Crippen LogP contribution in [0.15, 0.2) is 6.33 Å². The van der Waals surface area contributed by atoms with Crippen LogP contribution in [-0.2, 0) is 4.74 Å². The lowest BCUT2D eigenvalue weighted by Gasteiger charge is -2.30. The summed E-state index contributed by atoms with van der Waals surface area (Å²) in [7, 11) is 3.26. The third kappa shape index (κ3) is 3.68. The number of nitrogens with two attached hydrogens (primary N) is 1. The lowest BCUT2D eigenvalue weighted by atomic mass is 10.2. The molecule has 0 saturated heterocycles.